The number of hydrogen-bond donors (Lipinski definition) is 0. The van der Waals surface area contributed by atoms with Crippen molar-refractivity contribution in [3.05, 3.63) is 0 Å². The lowest BCUT2D eigenvalue weighted by Crippen LogP contribution is -2.22. The minimum Gasteiger partial charge on any atom is -0.352 e. The molecule has 0 N–H and O–H groups in total. The number of rotatable bonds is 8. The van der Waals surface area contributed by atoms with Crippen molar-refractivity contribution < 1.29 is 14.3 Å². The van der Waals surface area contributed by atoms with Gasteiger partial charge in [-0.2, -0.15) is 0 Å². The van der Waals surface area contributed by atoms with E-state index >= 15 is 0 Å². The number of ether oxygens (including phenoxy) is 2. The zero-order chi connectivity index (χ0) is 11.0. The van der Waals surface area contributed by atoms with Gasteiger partial charge in [0.1, 0.15) is 5.78 Å². The fraction of sp³-hybridized carbons (Fsp3) is 0.909. The lowest BCUT2D eigenvalue weighted by atomic mass is 10.1. The van der Waals surface area contributed by atoms with Crippen molar-refractivity contribution in [2.45, 2.75) is 46.8 Å². The van der Waals surface area contributed by atoms with E-state index in [1.165, 1.54) is 0 Å². The quantitative estimate of drug-likeness (QED) is 0.567. The van der Waals surface area contributed by atoms with Gasteiger partial charge in [0, 0.05) is 19.6 Å². The van der Waals surface area contributed by atoms with E-state index in [4.69, 9.17) is 9.47 Å². The Labute approximate surface area is 86.8 Å². The van der Waals surface area contributed by atoms with Crippen molar-refractivity contribution in [2.75, 3.05) is 13.2 Å². The maximum Gasteiger partial charge on any atom is 0.164 e. The van der Waals surface area contributed by atoms with Crippen LogP contribution in [0.3, 0.4) is 0 Å². The predicted molar refractivity (Wildman–Crippen MR) is 56.1 cm³/mol. The Morgan fingerprint density at radius 1 is 1.07 bits per heavy atom. The molecule has 0 amide bonds. The van der Waals surface area contributed by atoms with Gasteiger partial charge in [-0.05, 0) is 19.8 Å². The number of Topliss-reactive ketones (excluding diaryl/α,β-unsaturated/α-hetero) is 1. The third-order valence-electron chi connectivity index (χ3n) is 1.74. The van der Waals surface area contributed by atoms with Crippen LogP contribution in [0, 0.1) is 5.92 Å². The van der Waals surface area contributed by atoms with Gasteiger partial charge in [-0.1, -0.05) is 13.8 Å². The second-order valence-corrected chi connectivity index (χ2v) is 3.68. The molecule has 0 aliphatic carbocycles. The lowest BCUT2D eigenvalue weighted by Gasteiger charge is -2.16. The van der Waals surface area contributed by atoms with Gasteiger partial charge in [0.05, 0.1) is 6.42 Å². The molecular weight excluding hydrogens is 180 g/mol. The van der Waals surface area contributed by atoms with Crippen LogP contribution < -0.4 is 0 Å². The Hall–Kier alpha value is -0.410. The molecule has 0 radical (unpaired) electrons. The zero-order valence-corrected chi connectivity index (χ0v) is 9.71. The first-order valence-corrected chi connectivity index (χ1v) is 5.35. The summed E-state index contributed by atoms with van der Waals surface area (Å²) in [6.07, 6.45) is 0.632. The van der Waals surface area contributed by atoms with E-state index in [1.54, 1.807) is 0 Å². The summed E-state index contributed by atoms with van der Waals surface area (Å²) in [4.78, 5) is 11.5. The Morgan fingerprint density at radius 3 is 1.93 bits per heavy atom. The maximum absolute atomic E-state index is 11.5. The molecule has 0 rings (SSSR count). The highest BCUT2D eigenvalue weighted by molar-refractivity contribution is 5.78. The van der Waals surface area contributed by atoms with E-state index in [0.717, 1.165) is 0 Å². The van der Waals surface area contributed by atoms with E-state index in [1.807, 2.05) is 27.7 Å². The summed E-state index contributed by atoms with van der Waals surface area (Å²) in [5.41, 5.74) is 0. The largest absolute Gasteiger partial charge is 0.352 e. The van der Waals surface area contributed by atoms with Crippen LogP contribution in [0.5, 0.6) is 0 Å². The van der Waals surface area contributed by atoms with Crippen molar-refractivity contribution in [1.82, 2.24) is 0 Å². The Bertz CT molecular complexity index is 149. The minimum atomic E-state index is -0.351. The summed E-state index contributed by atoms with van der Waals surface area (Å²) in [7, 11) is 0. The smallest absolute Gasteiger partial charge is 0.164 e. The highest BCUT2D eigenvalue weighted by atomic mass is 16.7. The average Bonchev–Trinajstić information content (AvgIpc) is 2.03. The van der Waals surface area contributed by atoms with Gasteiger partial charge in [0.25, 0.3) is 0 Å². The highest BCUT2D eigenvalue weighted by Gasteiger charge is 2.14. The van der Waals surface area contributed by atoms with Crippen LogP contribution in [0.15, 0.2) is 0 Å². The van der Waals surface area contributed by atoms with E-state index in [0.29, 0.717) is 32.0 Å². The van der Waals surface area contributed by atoms with Crippen LogP contribution in [0.25, 0.3) is 0 Å². The van der Waals surface area contributed by atoms with Gasteiger partial charge >= 0.3 is 0 Å². The van der Waals surface area contributed by atoms with Crippen LogP contribution in [0.2, 0.25) is 0 Å². The molecule has 0 heterocycles. The highest BCUT2D eigenvalue weighted by Crippen LogP contribution is 2.08. The molecule has 0 bridgehead atoms. The molecule has 14 heavy (non-hydrogen) atoms. The molecule has 0 saturated heterocycles. The third-order valence-corrected chi connectivity index (χ3v) is 1.74. The fourth-order valence-electron chi connectivity index (χ4n) is 1.26. The van der Waals surface area contributed by atoms with Crippen LogP contribution in [0.4, 0.5) is 0 Å². The molecule has 0 atom stereocenters. The van der Waals surface area contributed by atoms with Crippen molar-refractivity contribution in [3.63, 3.8) is 0 Å². The van der Waals surface area contributed by atoms with E-state index in [9.17, 15) is 4.79 Å². The molecule has 84 valence electrons. The number of carbonyl (C=O) groups is 1. The first-order chi connectivity index (χ1) is 6.60. The molecular formula is C11H22O3. The lowest BCUT2D eigenvalue weighted by molar-refractivity contribution is -0.152. The Kier molecular flexibility index (Phi) is 7.71. The van der Waals surface area contributed by atoms with Crippen LogP contribution in [-0.4, -0.2) is 25.3 Å². The molecule has 3 nitrogen and oxygen atoms in total. The van der Waals surface area contributed by atoms with Crippen LogP contribution in [-0.2, 0) is 14.3 Å². The summed E-state index contributed by atoms with van der Waals surface area (Å²) >= 11 is 0. The molecule has 0 fully saturated rings. The van der Waals surface area contributed by atoms with Gasteiger partial charge in [-0.15, -0.1) is 0 Å². The zero-order valence-electron chi connectivity index (χ0n) is 9.71. The van der Waals surface area contributed by atoms with E-state index < -0.39 is 0 Å². The second kappa shape index (κ2) is 7.94. The van der Waals surface area contributed by atoms with Gasteiger partial charge in [0.2, 0.25) is 0 Å². The maximum atomic E-state index is 11.5. The van der Waals surface area contributed by atoms with Crippen molar-refractivity contribution in [3.8, 4) is 0 Å². The third kappa shape index (κ3) is 7.04. The normalized spacial score (nSPS) is 11.3. The van der Waals surface area contributed by atoms with Crippen LogP contribution >= 0.6 is 0 Å². The monoisotopic (exact) mass is 202 g/mol. The van der Waals surface area contributed by atoms with Gasteiger partial charge in [-0.3, -0.25) is 4.79 Å². The SMILES string of the molecule is CCOC(CC(=O)CC(C)C)OCC. The summed E-state index contributed by atoms with van der Waals surface area (Å²) in [5, 5.41) is 0. The molecule has 0 aromatic carbocycles. The van der Waals surface area contributed by atoms with Gasteiger partial charge < -0.3 is 9.47 Å². The molecule has 0 aromatic rings. The summed E-state index contributed by atoms with van der Waals surface area (Å²) < 4.78 is 10.6. The molecule has 0 unspecified atom stereocenters. The van der Waals surface area contributed by atoms with E-state index in [2.05, 4.69) is 0 Å². The first-order valence-electron chi connectivity index (χ1n) is 5.35. The minimum absolute atomic E-state index is 0.215. The van der Waals surface area contributed by atoms with Crippen molar-refractivity contribution >= 4 is 5.78 Å². The Balaban J connectivity index is 3.82. The van der Waals surface area contributed by atoms with Gasteiger partial charge in [0.15, 0.2) is 6.29 Å². The predicted octanol–water partition coefficient (Wildman–Crippen LogP) is 2.39. The standard InChI is InChI=1S/C11H22O3/c1-5-13-11(14-6-2)8-10(12)7-9(3)4/h9,11H,5-8H2,1-4H3. The molecule has 0 spiro atoms. The Morgan fingerprint density at radius 2 is 1.57 bits per heavy atom. The molecule has 0 aromatic heterocycles. The van der Waals surface area contributed by atoms with Crippen LogP contribution in [0.1, 0.15) is 40.5 Å². The number of ketones is 1. The molecule has 3 heteroatoms. The van der Waals surface area contributed by atoms with Crippen molar-refractivity contribution in [1.29, 1.82) is 0 Å². The van der Waals surface area contributed by atoms with Gasteiger partial charge in [-0.25, -0.2) is 0 Å². The average molecular weight is 202 g/mol. The summed E-state index contributed by atoms with van der Waals surface area (Å²) in [6.45, 7) is 9.04. The molecule has 0 aliphatic heterocycles. The molecule has 0 saturated carbocycles. The topological polar surface area (TPSA) is 35.5 Å². The van der Waals surface area contributed by atoms with Crippen molar-refractivity contribution in [2.24, 2.45) is 5.92 Å². The first kappa shape index (κ1) is 13.6. The number of carbonyl (C=O) groups excluding carboxylic acids is 1. The number of hydrogen-bond acceptors (Lipinski definition) is 3. The summed E-state index contributed by atoms with van der Waals surface area (Å²) in [5.74, 6) is 0.623. The molecule has 0 aliphatic rings. The fourth-order valence-corrected chi connectivity index (χ4v) is 1.26. The summed E-state index contributed by atoms with van der Waals surface area (Å²) in [6, 6.07) is 0. The second-order valence-electron chi connectivity index (χ2n) is 3.68. The van der Waals surface area contributed by atoms with E-state index in [-0.39, 0.29) is 12.1 Å².